The minimum absolute atomic E-state index is 0.396. The van der Waals surface area contributed by atoms with E-state index >= 15 is 0 Å². The molecule has 2 aromatic heterocycles. The Morgan fingerprint density at radius 2 is 0.745 bits per heavy atom. The summed E-state index contributed by atoms with van der Waals surface area (Å²) in [4.78, 5) is 19.4. The van der Waals surface area contributed by atoms with Gasteiger partial charge in [-0.3, -0.25) is 4.98 Å². The molecule has 2 aliphatic carbocycles. The minimum Gasteiger partial charge on any atom is -0.264 e. The topological polar surface area (TPSA) is 51.6 Å². The van der Waals surface area contributed by atoms with E-state index in [1.54, 1.807) is 6.20 Å². The largest absolute Gasteiger partial charge is 0.264 e. The molecule has 55 heavy (non-hydrogen) atoms. The number of aromatic nitrogens is 4. The lowest BCUT2D eigenvalue weighted by molar-refractivity contribution is 0.794. The summed E-state index contributed by atoms with van der Waals surface area (Å²) in [6.07, 6.45) is 3.67. The fourth-order valence-electron chi connectivity index (χ4n) is 8.81. The Kier molecular flexibility index (Phi) is 7.04. The second kappa shape index (κ2) is 12.4. The van der Waals surface area contributed by atoms with Gasteiger partial charge in [-0.25, -0.2) is 15.0 Å². The van der Waals surface area contributed by atoms with E-state index < -0.39 is 5.41 Å². The lowest BCUT2D eigenvalue weighted by Crippen LogP contribution is -2.25. The Balaban J connectivity index is 1.05. The zero-order chi connectivity index (χ0) is 36.3. The van der Waals surface area contributed by atoms with Crippen LogP contribution in [0.25, 0.3) is 78.7 Å². The minimum atomic E-state index is -0.396. The second-order valence-corrected chi connectivity index (χ2v) is 14.2. The molecule has 0 radical (unpaired) electrons. The van der Waals surface area contributed by atoms with Crippen LogP contribution >= 0.6 is 0 Å². The third-order valence-electron chi connectivity index (χ3n) is 11.3. The van der Waals surface area contributed by atoms with Crippen molar-refractivity contribution in [3.8, 4) is 78.7 Å². The maximum absolute atomic E-state index is 5.09. The third kappa shape index (κ3) is 4.85. The van der Waals surface area contributed by atoms with Crippen molar-refractivity contribution in [1.29, 1.82) is 0 Å². The lowest BCUT2D eigenvalue weighted by Gasteiger charge is -2.30. The van der Waals surface area contributed by atoms with Crippen LogP contribution in [0.5, 0.6) is 0 Å². The fourth-order valence-corrected chi connectivity index (χ4v) is 8.81. The molecule has 4 heteroatoms. The first-order valence-electron chi connectivity index (χ1n) is 18.6. The van der Waals surface area contributed by atoms with E-state index in [-0.39, 0.29) is 0 Å². The van der Waals surface area contributed by atoms with Gasteiger partial charge >= 0.3 is 0 Å². The van der Waals surface area contributed by atoms with E-state index in [9.17, 15) is 0 Å². The Hall–Kier alpha value is -7.30. The number of hydrogen-bond donors (Lipinski definition) is 0. The number of pyridine rings is 1. The van der Waals surface area contributed by atoms with Crippen molar-refractivity contribution in [2.45, 2.75) is 5.41 Å². The highest BCUT2D eigenvalue weighted by Gasteiger charge is 2.51. The van der Waals surface area contributed by atoms with E-state index in [2.05, 4.69) is 151 Å². The van der Waals surface area contributed by atoms with Crippen LogP contribution in [0.2, 0.25) is 0 Å². The van der Waals surface area contributed by atoms with Crippen LogP contribution in [-0.4, -0.2) is 19.9 Å². The summed E-state index contributed by atoms with van der Waals surface area (Å²) in [6.45, 7) is 0. The molecule has 0 saturated carbocycles. The van der Waals surface area contributed by atoms with E-state index in [4.69, 9.17) is 15.0 Å². The summed E-state index contributed by atoms with van der Waals surface area (Å²) in [6, 6.07) is 64.9. The summed E-state index contributed by atoms with van der Waals surface area (Å²) >= 11 is 0. The molecule has 0 bridgehead atoms. The van der Waals surface area contributed by atoms with Crippen LogP contribution in [0.15, 0.2) is 194 Å². The van der Waals surface area contributed by atoms with Gasteiger partial charge in [0.25, 0.3) is 0 Å². The standard InChI is InChI=1S/C51H32N4/c1-2-12-34(13-3-1)48-53-49(35-25-23-33(24-26-35)39-16-11-29-52-32-39)55-50(54-48)38-15-10-14-36(30-38)37-27-28-43-42-19-6-9-22-46(42)51(47(43)31-37)44-20-7-4-17-40(44)41-18-5-8-21-45(41)51/h1-32H. The number of nitrogens with zero attached hydrogens (tertiary/aromatic N) is 4. The molecule has 1 spiro atoms. The third-order valence-corrected chi connectivity index (χ3v) is 11.3. The van der Waals surface area contributed by atoms with Gasteiger partial charge in [-0.15, -0.1) is 0 Å². The molecule has 0 aliphatic heterocycles. The molecule has 11 rings (SSSR count). The fraction of sp³-hybridized carbons (Fsp3) is 0.0196. The molecule has 2 heterocycles. The van der Waals surface area contributed by atoms with Gasteiger partial charge in [0.15, 0.2) is 17.5 Å². The highest BCUT2D eigenvalue weighted by atomic mass is 15.0. The van der Waals surface area contributed by atoms with E-state index in [0.29, 0.717) is 17.5 Å². The molecule has 0 saturated heterocycles. The second-order valence-electron chi connectivity index (χ2n) is 14.2. The molecule has 2 aliphatic rings. The molecule has 4 nitrogen and oxygen atoms in total. The summed E-state index contributed by atoms with van der Waals surface area (Å²) in [5, 5.41) is 0. The maximum atomic E-state index is 5.09. The molecule has 0 N–H and O–H groups in total. The lowest BCUT2D eigenvalue weighted by atomic mass is 9.70. The van der Waals surface area contributed by atoms with Crippen molar-refractivity contribution in [1.82, 2.24) is 19.9 Å². The Morgan fingerprint density at radius 1 is 0.291 bits per heavy atom. The average molecular weight is 701 g/mol. The predicted octanol–water partition coefficient (Wildman–Crippen LogP) is 11.9. The van der Waals surface area contributed by atoms with Gasteiger partial charge in [0.1, 0.15) is 0 Å². The van der Waals surface area contributed by atoms with Gasteiger partial charge in [0.05, 0.1) is 5.41 Å². The molecule has 7 aromatic carbocycles. The molecule has 0 atom stereocenters. The quantitative estimate of drug-likeness (QED) is 0.179. The Labute approximate surface area is 319 Å². The molecular formula is C51H32N4. The Morgan fingerprint density at radius 3 is 1.36 bits per heavy atom. The van der Waals surface area contributed by atoms with Crippen molar-refractivity contribution < 1.29 is 0 Å². The maximum Gasteiger partial charge on any atom is 0.164 e. The van der Waals surface area contributed by atoms with Crippen molar-refractivity contribution in [3.63, 3.8) is 0 Å². The number of hydrogen-bond acceptors (Lipinski definition) is 4. The summed E-state index contributed by atoms with van der Waals surface area (Å²) in [7, 11) is 0. The first kappa shape index (κ1) is 31.2. The molecule has 9 aromatic rings. The van der Waals surface area contributed by atoms with Gasteiger partial charge in [0, 0.05) is 29.1 Å². The zero-order valence-corrected chi connectivity index (χ0v) is 29.8. The van der Waals surface area contributed by atoms with Gasteiger partial charge in [-0.1, -0.05) is 164 Å². The van der Waals surface area contributed by atoms with E-state index in [1.807, 2.05) is 42.6 Å². The van der Waals surface area contributed by atoms with Crippen LogP contribution in [0.3, 0.4) is 0 Å². The van der Waals surface area contributed by atoms with E-state index in [0.717, 1.165) is 38.9 Å². The SMILES string of the molecule is c1ccc(-c2nc(-c3ccc(-c4cccnc4)cc3)nc(-c3cccc(-c4ccc5c(c4)C4(c6ccccc6-c6ccccc64)c4ccccc4-5)c3)n2)cc1. The van der Waals surface area contributed by atoms with E-state index in [1.165, 1.54) is 44.5 Å². The average Bonchev–Trinajstić information content (AvgIpc) is 3.74. The summed E-state index contributed by atoms with van der Waals surface area (Å²) in [5.74, 6) is 1.90. The van der Waals surface area contributed by atoms with Crippen LogP contribution in [0.1, 0.15) is 22.3 Å². The van der Waals surface area contributed by atoms with Gasteiger partial charge in [-0.2, -0.15) is 0 Å². The van der Waals surface area contributed by atoms with Gasteiger partial charge < -0.3 is 0 Å². The zero-order valence-electron chi connectivity index (χ0n) is 29.8. The van der Waals surface area contributed by atoms with Gasteiger partial charge in [0.2, 0.25) is 0 Å². The predicted molar refractivity (Wildman–Crippen MR) is 221 cm³/mol. The molecule has 256 valence electrons. The van der Waals surface area contributed by atoms with Gasteiger partial charge in [-0.05, 0) is 85.0 Å². The van der Waals surface area contributed by atoms with Crippen LogP contribution in [0.4, 0.5) is 0 Å². The number of fused-ring (bicyclic) bond motifs is 10. The molecule has 0 amide bonds. The van der Waals surface area contributed by atoms with Crippen molar-refractivity contribution in [3.05, 3.63) is 217 Å². The van der Waals surface area contributed by atoms with Crippen molar-refractivity contribution >= 4 is 0 Å². The van der Waals surface area contributed by atoms with Crippen molar-refractivity contribution in [2.75, 3.05) is 0 Å². The smallest absolute Gasteiger partial charge is 0.164 e. The van der Waals surface area contributed by atoms with Crippen LogP contribution in [0, 0.1) is 0 Å². The summed E-state index contributed by atoms with van der Waals surface area (Å²) in [5.41, 5.74) is 17.3. The number of rotatable bonds is 5. The molecule has 0 fully saturated rings. The Bertz CT molecular complexity index is 2850. The van der Waals surface area contributed by atoms with Crippen LogP contribution in [-0.2, 0) is 5.41 Å². The number of benzene rings is 7. The summed E-state index contributed by atoms with van der Waals surface area (Å²) < 4.78 is 0. The monoisotopic (exact) mass is 700 g/mol. The normalized spacial score (nSPS) is 12.9. The van der Waals surface area contributed by atoms with Crippen molar-refractivity contribution in [2.24, 2.45) is 0 Å². The molecular weight excluding hydrogens is 669 g/mol. The molecule has 0 unspecified atom stereocenters. The highest BCUT2D eigenvalue weighted by Crippen LogP contribution is 2.63. The first-order chi connectivity index (χ1) is 27.3. The van der Waals surface area contributed by atoms with Crippen LogP contribution < -0.4 is 0 Å². The first-order valence-corrected chi connectivity index (χ1v) is 18.6. The highest BCUT2D eigenvalue weighted by molar-refractivity contribution is 5.96.